The lowest BCUT2D eigenvalue weighted by Gasteiger charge is -2.56. The zero-order valence-corrected chi connectivity index (χ0v) is 13.6. The minimum atomic E-state index is 0.0857. The summed E-state index contributed by atoms with van der Waals surface area (Å²) < 4.78 is 12.3. The summed E-state index contributed by atoms with van der Waals surface area (Å²) in [6, 6.07) is 5.21. The van der Waals surface area contributed by atoms with E-state index in [1.165, 1.54) is 23.1 Å². The highest BCUT2D eigenvalue weighted by Gasteiger charge is 2.64. The van der Waals surface area contributed by atoms with Crippen LogP contribution in [0.3, 0.4) is 0 Å². The number of allylic oxidation sites excluding steroid dienone is 1. The van der Waals surface area contributed by atoms with E-state index in [1.807, 2.05) is 0 Å². The van der Waals surface area contributed by atoms with Gasteiger partial charge in [0, 0.05) is 17.0 Å². The Morgan fingerprint density at radius 1 is 1.36 bits per heavy atom. The van der Waals surface area contributed by atoms with E-state index in [4.69, 9.17) is 9.47 Å². The van der Waals surface area contributed by atoms with Crippen molar-refractivity contribution in [2.75, 3.05) is 20.7 Å². The van der Waals surface area contributed by atoms with Crippen molar-refractivity contribution in [3.63, 3.8) is 0 Å². The molecule has 22 heavy (non-hydrogen) atoms. The zero-order chi connectivity index (χ0) is 15.1. The van der Waals surface area contributed by atoms with Crippen molar-refractivity contribution in [3.8, 4) is 5.75 Å². The van der Waals surface area contributed by atoms with Crippen LogP contribution in [0.5, 0.6) is 5.75 Å². The lowest BCUT2D eigenvalue weighted by Crippen LogP contribution is -2.63. The second-order valence-electron chi connectivity index (χ2n) is 7.44. The average molecular weight is 297 g/mol. The molecule has 116 valence electrons. The summed E-state index contributed by atoms with van der Waals surface area (Å²) in [5.41, 5.74) is 4.45. The molecule has 3 heteroatoms. The molecule has 1 saturated heterocycles. The highest BCUT2D eigenvalue weighted by Crippen LogP contribution is 2.62. The first kappa shape index (κ1) is 13.0. The standard InChI is InChI=1S/C19H23NO2/c1-11-4-5-12-10-14-13-6-7-15(21-3)18-19(13,8-9-20(14)2)16(12)17(11)22-18/h4-5,7,13-14,18H,6,8-10H2,1-3H3/t13-,14?,18-,19-/m1/s1. The summed E-state index contributed by atoms with van der Waals surface area (Å²) in [5, 5.41) is 0. The van der Waals surface area contributed by atoms with Crippen LogP contribution in [0.15, 0.2) is 24.0 Å². The van der Waals surface area contributed by atoms with Gasteiger partial charge in [-0.05, 0) is 62.9 Å². The topological polar surface area (TPSA) is 21.7 Å². The molecule has 2 heterocycles. The molecule has 1 aromatic carbocycles. The lowest BCUT2D eigenvalue weighted by molar-refractivity contribution is -0.0266. The fraction of sp³-hybridized carbons (Fsp3) is 0.579. The number of piperidine rings is 1. The molecule has 4 aliphatic rings. The van der Waals surface area contributed by atoms with Crippen LogP contribution >= 0.6 is 0 Å². The highest BCUT2D eigenvalue weighted by atomic mass is 16.5. The number of methoxy groups -OCH3 is 1. The normalized spacial score (nSPS) is 38.1. The Hall–Kier alpha value is -1.48. The van der Waals surface area contributed by atoms with E-state index in [0.29, 0.717) is 12.0 Å². The minimum absolute atomic E-state index is 0.0857. The molecule has 3 nitrogen and oxygen atoms in total. The maximum Gasteiger partial charge on any atom is 0.165 e. The van der Waals surface area contributed by atoms with Gasteiger partial charge < -0.3 is 14.4 Å². The number of rotatable bonds is 1. The second kappa shape index (κ2) is 4.08. The second-order valence-corrected chi connectivity index (χ2v) is 7.44. The van der Waals surface area contributed by atoms with E-state index in [-0.39, 0.29) is 11.5 Å². The van der Waals surface area contributed by atoms with Crippen LogP contribution in [0.4, 0.5) is 0 Å². The molecule has 1 unspecified atom stereocenters. The molecule has 0 N–H and O–H groups in total. The Labute approximate surface area is 131 Å². The SMILES string of the molecule is COC1=CC[C@@H]2C3Cc4ccc(C)c5c4[C@]2(CCN3C)[C@@H]1O5. The van der Waals surface area contributed by atoms with Gasteiger partial charge in [-0.2, -0.15) is 0 Å². The van der Waals surface area contributed by atoms with Crippen LogP contribution in [-0.2, 0) is 16.6 Å². The molecule has 1 fully saturated rings. The first-order chi connectivity index (χ1) is 10.7. The number of likely N-dealkylation sites (tertiary alicyclic amines) is 1. The van der Waals surface area contributed by atoms with Crippen molar-refractivity contribution in [1.82, 2.24) is 4.90 Å². The minimum Gasteiger partial charge on any atom is -0.497 e. The summed E-state index contributed by atoms with van der Waals surface area (Å²) in [6.45, 7) is 3.33. The third kappa shape index (κ3) is 1.28. The maximum absolute atomic E-state index is 6.54. The lowest BCUT2D eigenvalue weighted by atomic mass is 9.53. The van der Waals surface area contributed by atoms with E-state index in [1.54, 1.807) is 7.11 Å². The van der Waals surface area contributed by atoms with Crippen molar-refractivity contribution in [2.24, 2.45) is 5.92 Å². The average Bonchev–Trinajstić information content (AvgIpc) is 2.88. The number of ether oxygens (including phenoxy) is 2. The number of hydrogen-bond acceptors (Lipinski definition) is 3. The van der Waals surface area contributed by atoms with Crippen LogP contribution in [0.2, 0.25) is 0 Å². The molecule has 2 bridgehead atoms. The van der Waals surface area contributed by atoms with Gasteiger partial charge in [-0.15, -0.1) is 0 Å². The number of hydrogen-bond donors (Lipinski definition) is 0. The summed E-state index contributed by atoms with van der Waals surface area (Å²) in [7, 11) is 4.08. The third-order valence-electron chi connectivity index (χ3n) is 6.68. The molecule has 0 radical (unpaired) electrons. The van der Waals surface area contributed by atoms with Crippen molar-refractivity contribution >= 4 is 0 Å². The molecule has 2 aliphatic heterocycles. The Bertz CT molecular complexity index is 695. The summed E-state index contributed by atoms with van der Waals surface area (Å²) in [6.07, 6.45) is 5.83. The van der Waals surface area contributed by atoms with Crippen LogP contribution in [0.25, 0.3) is 0 Å². The van der Waals surface area contributed by atoms with E-state index in [0.717, 1.165) is 30.9 Å². The van der Waals surface area contributed by atoms with Gasteiger partial charge in [0.15, 0.2) is 6.10 Å². The number of likely N-dealkylation sites (N-methyl/N-ethyl adjacent to an activating group) is 1. The summed E-state index contributed by atoms with van der Waals surface area (Å²) >= 11 is 0. The van der Waals surface area contributed by atoms with Gasteiger partial charge in [-0.1, -0.05) is 12.1 Å². The largest absolute Gasteiger partial charge is 0.497 e. The Kier molecular flexibility index (Phi) is 2.41. The van der Waals surface area contributed by atoms with Crippen molar-refractivity contribution in [2.45, 2.75) is 43.7 Å². The van der Waals surface area contributed by atoms with Crippen LogP contribution in [0, 0.1) is 12.8 Å². The molecular weight excluding hydrogens is 274 g/mol. The van der Waals surface area contributed by atoms with Gasteiger partial charge in [0.05, 0.1) is 7.11 Å². The molecule has 2 aliphatic carbocycles. The van der Waals surface area contributed by atoms with Gasteiger partial charge in [0.1, 0.15) is 11.5 Å². The fourth-order valence-corrected chi connectivity index (χ4v) is 5.66. The van der Waals surface area contributed by atoms with E-state index in [9.17, 15) is 0 Å². The first-order valence-corrected chi connectivity index (χ1v) is 8.40. The molecule has 4 atom stereocenters. The summed E-state index contributed by atoms with van der Waals surface area (Å²) in [5.74, 6) is 2.86. The molecule has 0 amide bonds. The Morgan fingerprint density at radius 3 is 3.05 bits per heavy atom. The van der Waals surface area contributed by atoms with Crippen LogP contribution in [-0.4, -0.2) is 37.7 Å². The maximum atomic E-state index is 6.54. The number of benzene rings is 1. The smallest absolute Gasteiger partial charge is 0.165 e. The molecule has 5 rings (SSSR count). The van der Waals surface area contributed by atoms with Gasteiger partial charge in [0.2, 0.25) is 0 Å². The van der Waals surface area contributed by atoms with E-state index < -0.39 is 0 Å². The number of aryl methyl sites for hydroxylation is 1. The predicted molar refractivity (Wildman–Crippen MR) is 85.2 cm³/mol. The predicted octanol–water partition coefficient (Wildman–Crippen LogP) is 2.80. The van der Waals surface area contributed by atoms with Crippen LogP contribution < -0.4 is 4.74 Å². The molecule has 0 aromatic heterocycles. The molecule has 1 spiro atoms. The van der Waals surface area contributed by atoms with Gasteiger partial charge >= 0.3 is 0 Å². The van der Waals surface area contributed by atoms with Crippen LogP contribution in [0.1, 0.15) is 29.5 Å². The zero-order valence-electron chi connectivity index (χ0n) is 13.6. The van der Waals surface area contributed by atoms with Crippen molar-refractivity contribution in [3.05, 3.63) is 40.7 Å². The third-order valence-corrected chi connectivity index (χ3v) is 6.68. The van der Waals surface area contributed by atoms with Gasteiger partial charge in [-0.25, -0.2) is 0 Å². The van der Waals surface area contributed by atoms with Crippen molar-refractivity contribution < 1.29 is 9.47 Å². The van der Waals surface area contributed by atoms with Gasteiger partial charge in [0.25, 0.3) is 0 Å². The molecule has 1 aromatic rings. The molecule has 0 saturated carbocycles. The highest BCUT2D eigenvalue weighted by molar-refractivity contribution is 5.59. The quantitative estimate of drug-likeness (QED) is 0.795. The fourth-order valence-electron chi connectivity index (χ4n) is 5.66. The number of nitrogens with zero attached hydrogens (tertiary/aromatic N) is 1. The first-order valence-electron chi connectivity index (χ1n) is 8.40. The molecular formula is C19H23NO2. The van der Waals surface area contributed by atoms with E-state index >= 15 is 0 Å². The van der Waals surface area contributed by atoms with E-state index in [2.05, 4.69) is 37.1 Å². The van der Waals surface area contributed by atoms with Gasteiger partial charge in [-0.3, -0.25) is 0 Å². The monoisotopic (exact) mass is 297 g/mol. The summed E-state index contributed by atoms with van der Waals surface area (Å²) in [4.78, 5) is 2.57. The Morgan fingerprint density at radius 2 is 2.23 bits per heavy atom. The Balaban J connectivity index is 1.82. The van der Waals surface area contributed by atoms with Crippen molar-refractivity contribution in [1.29, 1.82) is 0 Å².